The van der Waals surface area contributed by atoms with Gasteiger partial charge in [-0.25, -0.2) is 0 Å². The summed E-state index contributed by atoms with van der Waals surface area (Å²) < 4.78 is 6.42. The highest BCUT2D eigenvalue weighted by Gasteiger charge is 2.42. The van der Waals surface area contributed by atoms with E-state index in [1.807, 2.05) is 42.5 Å². The van der Waals surface area contributed by atoms with Crippen molar-refractivity contribution in [2.45, 2.75) is 19.1 Å². The van der Waals surface area contributed by atoms with Crippen molar-refractivity contribution >= 4 is 40.5 Å². The Morgan fingerprint density at radius 1 is 0.956 bits per heavy atom. The molecule has 2 unspecified atom stereocenters. The Balaban J connectivity index is 1.43. The molecule has 2 atom stereocenters. The predicted molar refractivity (Wildman–Crippen MR) is 169 cm³/mol. The van der Waals surface area contributed by atoms with Crippen molar-refractivity contribution in [3.8, 4) is 11.6 Å². The molecular weight excluding hydrogens is 572 g/mol. The second kappa shape index (κ2) is 12.5. The third kappa shape index (κ3) is 6.05. The van der Waals surface area contributed by atoms with E-state index in [0.717, 1.165) is 5.56 Å². The van der Waals surface area contributed by atoms with E-state index in [0.29, 0.717) is 16.9 Å². The largest absolute Gasteiger partial charge is 0.493 e. The standard InChI is InChI=1S/C35H28N4O6/c1-22(40)32(41)30-27(34(43)38(36-30)25-13-7-3-8-14-25)19-17-24(23-11-5-2-6-12-23)18-20-28-31(33(42)29-21-45-29)37-39(35(28)44)26-15-9-4-10-16-26/h2-20,22,29,40,43H,21H2,1H3/b19-17+,24-18-,28-20-. The number of rotatable bonds is 10. The summed E-state index contributed by atoms with van der Waals surface area (Å²) in [5.74, 6) is -1.80. The number of allylic oxidation sites excluding steroid dienone is 4. The lowest BCUT2D eigenvalue weighted by atomic mass is 10.00. The fourth-order valence-corrected chi connectivity index (χ4v) is 4.77. The van der Waals surface area contributed by atoms with Gasteiger partial charge in [-0.05, 0) is 54.5 Å². The Morgan fingerprint density at radius 3 is 2.16 bits per heavy atom. The fraction of sp³-hybridized carbons (Fsp3) is 0.114. The van der Waals surface area contributed by atoms with Gasteiger partial charge >= 0.3 is 0 Å². The Labute approximate surface area is 258 Å². The minimum Gasteiger partial charge on any atom is -0.493 e. The molecule has 1 saturated heterocycles. The van der Waals surface area contributed by atoms with Crippen LogP contribution in [0.5, 0.6) is 5.88 Å². The normalized spacial score (nSPS) is 18.0. The van der Waals surface area contributed by atoms with Gasteiger partial charge in [0.2, 0.25) is 17.4 Å². The molecule has 4 aromatic rings. The van der Waals surface area contributed by atoms with Gasteiger partial charge in [-0.3, -0.25) is 14.4 Å². The number of para-hydroxylation sites is 2. The number of nitrogens with zero attached hydrogens (tertiary/aromatic N) is 4. The molecule has 45 heavy (non-hydrogen) atoms. The van der Waals surface area contributed by atoms with Gasteiger partial charge in [0.1, 0.15) is 23.6 Å². The number of epoxide rings is 1. The number of ketones is 2. The van der Waals surface area contributed by atoms with Crippen LogP contribution in [0, 0.1) is 0 Å². The predicted octanol–water partition coefficient (Wildman–Crippen LogP) is 4.54. The van der Waals surface area contributed by atoms with Gasteiger partial charge in [0.25, 0.3) is 5.91 Å². The summed E-state index contributed by atoms with van der Waals surface area (Å²) in [5.41, 5.74) is 2.49. The van der Waals surface area contributed by atoms with Crippen LogP contribution in [-0.4, -0.2) is 62.0 Å². The van der Waals surface area contributed by atoms with Gasteiger partial charge in [-0.15, -0.1) is 0 Å². The van der Waals surface area contributed by atoms with Crippen molar-refractivity contribution in [3.63, 3.8) is 0 Å². The summed E-state index contributed by atoms with van der Waals surface area (Å²) in [6, 6.07) is 26.9. The number of carbonyl (C=O) groups is 3. The maximum absolute atomic E-state index is 13.6. The van der Waals surface area contributed by atoms with Crippen molar-refractivity contribution in [1.29, 1.82) is 0 Å². The topological polar surface area (TPSA) is 138 Å². The molecule has 3 heterocycles. The number of aliphatic hydroxyl groups excluding tert-OH is 1. The maximum Gasteiger partial charge on any atom is 0.281 e. The highest BCUT2D eigenvalue weighted by Crippen LogP contribution is 2.30. The number of carbonyl (C=O) groups excluding carboxylic acids is 3. The number of aromatic hydroxyl groups is 1. The second-order valence-electron chi connectivity index (χ2n) is 10.4. The molecule has 2 N–H and O–H groups in total. The smallest absolute Gasteiger partial charge is 0.281 e. The molecule has 0 radical (unpaired) electrons. The number of anilines is 1. The van der Waals surface area contributed by atoms with Crippen LogP contribution in [-0.2, 0) is 14.3 Å². The molecule has 0 saturated carbocycles. The molecule has 0 bridgehead atoms. The molecule has 1 amide bonds. The summed E-state index contributed by atoms with van der Waals surface area (Å²) in [6.45, 7) is 1.60. The molecular formula is C35H28N4O6. The van der Waals surface area contributed by atoms with E-state index in [2.05, 4.69) is 10.2 Å². The van der Waals surface area contributed by atoms with Crippen LogP contribution in [0.25, 0.3) is 17.3 Å². The molecule has 1 fully saturated rings. The molecule has 224 valence electrons. The number of benzene rings is 3. The first kappa shape index (κ1) is 29.4. The highest BCUT2D eigenvalue weighted by molar-refractivity contribution is 6.56. The van der Waals surface area contributed by atoms with Crippen LogP contribution in [0.3, 0.4) is 0 Å². The summed E-state index contributed by atoms with van der Waals surface area (Å²) in [4.78, 5) is 39.6. The van der Waals surface area contributed by atoms with Crippen molar-refractivity contribution in [1.82, 2.24) is 9.78 Å². The van der Waals surface area contributed by atoms with Crippen LogP contribution in [0.15, 0.2) is 120 Å². The molecule has 2 aliphatic rings. The van der Waals surface area contributed by atoms with Crippen molar-refractivity contribution in [2.75, 3.05) is 11.6 Å². The number of hydrazone groups is 1. The third-order valence-electron chi connectivity index (χ3n) is 7.21. The number of aliphatic hydroxyl groups is 1. The van der Waals surface area contributed by atoms with Gasteiger partial charge in [-0.1, -0.05) is 78.9 Å². The molecule has 6 rings (SSSR count). The van der Waals surface area contributed by atoms with Crippen LogP contribution in [0.4, 0.5) is 5.69 Å². The van der Waals surface area contributed by atoms with Crippen LogP contribution < -0.4 is 5.01 Å². The zero-order chi connectivity index (χ0) is 31.5. The average molecular weight is 601 g/mol. The average Bonchev–Trinajstić information content (AvgIpc) is 3.80. The van der Waals surface area contributed by atoms with Crippen molar-refractivity contribution in [3.05, 3.63) is 132 Å². The van der Waals surface area contributed by atoms with Crippen LogP contribution >= 0.6 is 0 Å². The molecule has 0 aliphatic carbocycles. The maximum atomic E-state index is 13.6. The van der Waals surface area contributed by atoms with Gasteiger partial charge < -0.3 is 14.9 Å². The Hall–Kier alpha value is -5.71. The lowest BCUT2D eigenvalue weighted by Gasteiger charge is -2.10. The number of aromatic nitrogens is 2. The fourth-order valence-electron chi connectivity index (χ4n) is 4.77. The lowest BCUT2D eigenvalue weighted by Crippen LogP contribution is -2.23. The van der Waals surface area contributed by atoms with Crippen LogP contribution in [0.1, 0.15) is 28.5 Å². The number of Topliss-reactive ketones (excluding diaryl/α,β-unsaturated/α-hetero) is 2. The molecule has 2 aliphatic heterocycles. The quantitative estimate of drug-likeness (QED) is 0.118. The van der Waals surface area contributed by atoms with Gasteiger partial charge in [0.15, 0.2) is 0 Å². The van der Waals surface area contributed by atoms with E-state index in [4.69, 9.17) is 4.74 Å². The summed E-state index contributed by atoms with van der Waals surface area (Å²) in [6.07, 6.45) is 4.40. The Morgan fingerprint density at radius 2 is 1.56 bits per heavy atom. The second-order valence-corrected chi connectivity index (χ2v) is 10.4. The number of amides is 1. The van der Waals surface area contributed by atoms with Gasteiger partial charge in [0, 0.05) is 0 Å². The van der Waals surface area contributed by atoms with E-state index in [-0.39, 0.29) is 40.8 Å². The van der Waals surface area contributed by atoms with E-state index < -0.39 is 23.9 Å². The summed E-state index contributed by atoms with van der Waals surface area (Å²) >= 11 is 0. The summed E-state index contributed by atoms with van der Waals surface area (Å²) in [5, 5.41) is 31.1. The molecule has 10 heteroatoms. The molecule has 0 spiro atoms. The van der Waals surface area contributed by atoms with Crippen molar-refractivity contribution in [2.24, 2.45) is 5.10 Å². The van der Waals surface area contributed by atoms with E-state index >= 15 is 0 Å². The first-order chi connectivity index (χ1) is 21.8. The molecule has 10 nitrogen and oxygen atoms in total. The van der Waals surface area contributed by atoms with Crippen molar-refractivity contribution < 1.29 is 29.3 Å². The minimum absolute atomic E-state index is 0.00518. The Bertz CT molecular complexity index is 1890. The van der Waals surface area contributed by atoms with Gasteiger partial charge in [0.05, 0.1) is 29.1 Å². The van der Waals surface area contributed by atoms with E-state index in [1.54, 1.807) is 60.7 Å². The van der Waals surface area contributed by atoms with Gasteiger partial charge in [-0.2, -0.15) is 19.9 Å². The summed E-state index contributed by atoms with van der Waals surface area (Å²) in [7, 11) is 0. The third-order valence-corrected chi connectivity index (χ3v) is 7.21. The first-order valence-electron chi connectivity index (χ1n) is 14.2. The van der Waals surface area contributed by atoms with E-state index in [1.165, 1.54) is 28.8 Å². The zero-order valence-electron chi connectivity index (χ0n) is 24.1. The SMILES string of the molecule is CC(O)C(=O)c1nn(-c2ccccc2)c(O)c1/C=C/C(=C/C=C1\C(=O)N(c2ccccc2)N=C1C(=O)C1CO1)c1ccccc1. The number of hydrogen-bond acceptors (Lipinski definition) is 8. The number of hydrogen-bond donors (Lipinski definition) is 2. The Kier molecular flexibility index (Phi) is 8.15. The number of ether oxygens (including phenoxy) is 1. The lowest BCUT2D eigenvalue weighted by molar-refractivity contribution is -0.115. The zero-order valence-corrected chi connectivity index (χ0v) is 24.1. The monoisotopic (exact) mass is 600 g/mol. The van der Waals surface area contributed by atoms with Crippen LogP contribution in [0.2, 0.25) is 0 Å². The molecule has 3 aromatic carbocycles. The molecule has 1 aromatic heterocycles. The van der Waals surface area contributed by atoms with E-state index in [9.17, 15) is 24.6 Å². The first-order valence-corrected chi connectivity index (χ1v) is 14.2. The minimum atomic E-state index is -1.35. The highest BCUT2D eigenvalue weighted by atomic mass is 16.6.